The van der Waals surface area contributed by atoms with Crippen molar-refractivity contribution in [2.75, 3.05) is 26.0 Å². The maximum Gasteiger partial charge on any atom is 0.184 e. The summed E-state index contributed by atoms with van der Waals surface area (Å²) >= 11 is 0. The van der Waals surface area contributed by atoms with E-state index in [0.717, 1.165) is 0 Å². The highest BCUT2D eigenvalue weighted by Crippen LogP contribution is 2.24. The van der Waals surface area contributed by atoms with Crippen molar-refractivity contribution in [1.29, 1.82) is 0 Å². The Morgan fingerprint density at radius 2 is 2.00 bits per heavy atom. The van der Waals surface area contributed by atoms with E-state index in [2.05, 4.69) is 0 Å². The number of hydrogen-bond acceptors (Lipinski definition) is 5. The molecule has 0 aliphatic rings. The zero-order chi connectivity index (χ0) is 13.6. The van der Waals surface area contributed by atoms with Crippen LogP contribution in [0.2, 0.25) is 0 Å². The lowest BCUT2D eigenvalue weighted by molar-refractivity contribution is 0.0846. The maximum atomic E-state index is 12.2. The van der Waals surface area contributed by atoms with E-state index >= 15 is 0 Å². The van der Waals surface area contributed by atoms with Crippen LogP contribution in [0.1, 0.15) is 6.92 Å². The Kier molecular flexibility index (Phi) is 5.58. The van der Waals surface area contributed by atoms with Crippen LogP contribution in [0.3, 0.4) is 0 Å². The predicted octanol–water partition coefficient (Wildman–Crippen LogP) is 0.833. The van der Waals surface area contributed by atoms with Crippen LogP contribution in [0.15, 0.2) is 29.2 Å². The second kappa shape index (κ2) is 6.72. The van der Waals surface area contributed by atoms with Gasteiger partial charge in [0.2, 0.25) is 0 Å². The molecule has 0 saturated heterocycles. The number of hydrogen-bond donors (Lipinski definition) is 1. The first-order valence-electron chi connectivity index (χ1n) is 5.72. The first-order chi connectivity index (χ1) is 8.55. The lowest BCUT2D eigenvalue weighted by Crippen LogP contribution is -2.31. The van der Waals surface area contributed by atoms with Crippen LogP contribution in [0.25, 0.3) is 0 Å². The fraction of sp³-hybridized carbons (Fsp3) is 0.500. The highest BCUT2D eigenvalue weighted by atomic mass is 32.2. The summed E-state index contributed by atoms with van der Waals surface area (Å²) in [5.74, 6) is 0.197. The van der Waals surface area contributed by atoms with Crippen molar-refractivity contribution < 1.29 is 17.9 Å². The number of ether oxygens (including phenoxy) is 2. The Morgan fingerprint density at radius 1 is 1.33 bits per heavy atom. The van der Waals surface area contributed by atoms with Crippen LogP contribution in [0, 0.1) is 0 Å². The van der Waals surface area contributed by atoms with Crippen LogP contribution in [-0.4, -0.2) is 40.5 Å². The minimum atomic E-state index is -3.47. The fourth-order valence-electron chi connectivity index (χ4n) is 1.63. The SMILES string of the molecule is CCOC(CN)CS(=O)(=O)c1ccccc1OC. The molecule has 102 valence electrons. The van der Waals surface area contributed by atoms with Crippen molar-refractivity contribution in [2.45, 2.75) is 17.9 Å². The van der Waals surface area contributed by atoms with E-state index in [1.54, 1.807) is 25.1 Å². The summed E-state index contributed by atoms with van der Waals surface area (Å²) in [6.45, 7) is 2.41. The van der Waals surface area contributed by atoms with Gasteiger partial charge in [0.1, 0.15) is 10.6 Å². The van der Waals surface area contributed by atoms with Crippen molar-refractivity contribution in [3.63, 3.8) is 0 Å². The third kappa shape index (κ3) is 3.69. The molecule has 1 aromatic rings. The van der Waals surface area contributed by atoms with E-state index in [1.165, 1.54) is 13.2 Å². The third-order valence-electron chi connectivity index (χ3n) is 2.47. The molecule has 1 atom stereocenters. The quantitative estimate of drug-likeness (QED) is 0.796. The largest absolute Gasteiger partial charge is 0.495 e. The second-order valence-electron chi connectivity index (χ2n) is 3.75. The minimum Gasteiger partial charge on any atom is -0.495 e. The van der Waals surface area contributed by atoms with Gasteiger partial charge in [-0.1, -0.05) is 12.1 Å². The molecule has 5 nitrogen and oxygen atoms in total. The molecule has 1 unspecified atom stereocenters. The molecule has 1 aromatic carbocycles. The number of benzene rings is 1. The lowest BCUT2D eigenvalue weighted by atomic mass is 10.3. The van der Waals surface area contributed by atoms with Gasteiger partial charge >= 0.3 is 0 Å². The molecule has 0 heterocycles. The number of methoxy groups -OCH3 is 1. The zero-order valence-corrected chi connectivity index (χ0v) is 11.4. The second-order valence-corrected chi connectivity index (χ2v) is 5.75. The molecular weight excluding hydrogens is 254 g/mol. The van der Waals surface area contributed by atoms with Crippen LogP contribution in [-0.2, 0) is 14.6 Å². The summed E-state index contributed by atoms with van der Waals surface area (Å²) in [5, 5.41) is 0. The molecule has 0 amide bonds. The van der Waals surface area contributed by atoms with E-state index in [1.807, 2.05) is 0 Å². The fourth-order valence-corrected chi connectivity index (χ4v) is 3.28. The molecule has 0 aliphatic carbocycles. The van der Waals surface area contributed by atoms with Gasteiger partial charge in [0.15, 0.2) is 9.84 Å². The summed E-state index contributed by atoms with van der Waals surface area (Å²) < 4.78 is 34.8. The predicted molar refractivity (Wildman–Crippen MR) is 69.5 cm³/mol. The molecule has 0 aromatic heterocycles. The molecule has 0 radical (unpaired) electrons. The van der Waals surface area contributed by atoms with Gasteiger partial charge < -0.3 is 15.2 Å². The molecule has 0 saturated carbocycles. The lowest BCUT2D eigenvalue weighted by Gasteiger charge is -2.16. The zero-order valence-electron chi connectivity index (χ0n) is 10.6. The average molecular weight is 273 g/mol. The Morgan fingerprint density at radius 3 is 2.56 bits per heavy atom. The van der Waals surface area contributed by atoms with Gasteiger partial charge in [-0.15, -0.1) is 0 Å². The summed E-state index contributed by atoms with van der Waals surface area (Å²) in [4.78, 5) is 0.172. The number of rotatable bonds is 7. The van der Waals surface area contributed by atoms with Gasteiger partial charge in [-0.05, 0) is 19.1 Å². The summed E-state index contributed by atoms with van der Waals surface area (Å²) in [6.07, 6.45) is -0.495. The van der Waals surface area contributed by atoms with E-state index < -0.39 is 15.9 Å². The molecule has 0 aliphatic heterocycles. The Bertz CT molecular complexity index is 473. The number of nitrogens with two attached hydrogens (primary N) is 1. The highest BCUT2D eigenvalue weighted by Gasteiger charge is 2.23. The van der Waals surface area contributed by atoms with Gasteiger partial charge in [-0.25, -0.2) is 8.42 Å². The molecule has 0 spiro atoms. The van der Waals surface area contributed by atoms with Crippen LogP contribution in [0.4, 0.5) is 0 Å². The molecule has 0 bridgehead atoms. The van der Waals surface area contributed by atoms with E-state index in [9.17, 15) is 8.42 Å². The molecule has 2 N–H and O–H groups in total. The normalized spacial score (nSPS) is 13.3. The summed E-state index contributed by atoms with van der Waals surface area (Å²) in [6, 6.07) is 6.52. The molecular formula is C12H19NO4S. The van der Waals surface area contributed by atoms with Crippen molar-refractivity contribution in [2.24, 2.45) is 5.73 Å². The molecule has 6 heteroatoms. The maximum absolute atomic E-state index is 12.2. The minimum absolute atomic E-state index is 0.141. The van der Waals surface area contributed by atoms with Gasteiger partial charge in [-0.2, -0.15) is 0 Å². The average Bonchev–Trinajstić information content (AvgIpc) is 2.38. The smallest absolute Gasteiger partial charge is 0.184 e. The van der Waals surface area contributed by atoms with Gasteiger partial charge in [-0.3, -0.25) is 0 Å². The third-order valence-corrected chi connectivity index (χ3v) is 4.29. The Balaban J connectivity index is 2.98. The van der Waals surface area contributed by atoms with Crippen LogP contribution >= 0.6 is 0 Å². The monoisotopic (exact) mass is 273 g/mol. The Hall–Kier alpha value is -1.11. The van der Waals surface area contributed by atoms with E-state index in [0.29, 0.717) is 12.4 Å². The van der Waals surface area contributed by atoms with Crippen molar-refractivity contribution in [3.05, 3.63) is 24.3 Å². The van der Waals surface area contributed by atoms with Crippen LogP contribution in [0.5, 0.6) is 5.75 Å². The van der Waals surface area contributed by atoms with Gasteiger partial charge in [0, 0.05) is 13.2 Å². The molecule has 0 fully saturated rings. The van der Waals surface area contributed by atoms with Crippen molar-refractivity contribution in [3.8, 4) is 5.75 Å². The summed E-state index contributed by atoms with van der Waals surface area (Å²) in [5.41, 5.74) is 5.49. The number of sulfone groups is 1. The summed E-state index contributed by atoms with van der Waals surface area (Å²) in [7, 11) is -2.02. The Labute approximate surface area is 108 Å². The van der Waals surface area contributed by atoms with Crippen molar-refractivity contribution in [1.82, 2.24) is 0 Å². The van der Waals surface area contributed by atoms with Gasteiger partial charge in [0.25, 0.3) is 0 Å². The first-order valence-corrected chi connectivity index (χ1v) is 7.37. The molecule has 1 rings (SSSR count). The highest BCUT2D eigenvalue weighted by molar-refractivity contribution is 7.91. The van der Waals surface area contributed by atoms with E-state index in [4.69, 9.17) is 15.2 Å². The van der Waals surface area contributed by atoms with Crippen LogP contribution < -0.4 is 10.5 Å². The van der Waals surface area contributed by atoms with Crippen molar-refractivity contribution >= 4 is 9.84 Å². The standard InChI is InChI=1S/C12H19NO4S/c1-3-17-10(8-13)9-18(14,15)12-7-5-4-6-11(12)16-2/h4-7,10H,3,8-9,13H2,1-2H3. The van der Waals surface area contributed by atoms with Gasteiger partial charge in [0.05, 0.1) is 19.0 Å². The van der Waals surface area contributed by atoms with E-state index in [-0.39, 0.29) is 17.2 Å². The topological polar surface area (TPSA) is 78.6 Å². The first kappa shape index (κ1) is 14.9. The number of para-hydroxylation sites is 1. The molecule has 18 heavy (non-hydrogen) atoms.